The van der Waals surface area contributed by atoms with E-state index in [1.807, 2.05) is 0 Å². The normalized spacial score (nSPS) is 11.4. The molecule has 0 fully saturated rings. The van der Waals surface area contributed by atoms with Gasteiger partial charge >= 0.3 is 0 Å². The summed E-state index contributed by atoms with van der Waals surface area (Å²) < 4.78 is 33.2. The van der Waals surface area contributed by atoms with Gasteiger partial charge in [-0.05, 0) is 53.8 Å². The molecular weight excluding hydrogens is 491 g/mol. The Morgan fingerprint density at radius 3 is 2.72 bits per heavy atom. The molecule has 2 aromatic carbocycles. The van der Waals surface area contributed by atoms with Crippen LogP contribution in [0.15, 0.2) is 66.0 Å². The van der Waals surface area contributed by atoms with E-state index in [0.717, 1.165) is 5.56 Å². The first-order valence-electron chi connectivity index (χ1n) is 9.38. The number of benzene rings is 2. The van der Waals surface area contributed by atoms with Crippen molar-refractivity contribution in [3.8, 4) is 0 Å². The first-order chi connectivity index (χ1) is 15.3. The van der Waals surface area contributed by atoms with Gasteiger partial charge in [0.2, 0.25) is 0 Å². The smallest absolute Gasteiger partial charge is 0.280 e. The predicted molar refractivity (Wildman–Crippen MR) is 127 cm³/mol. The van der Waals surface area contributed by atoms with Crippen LogP contribution in [-0.2, 0) is 16.4 Å². The van der Waals surface area contributed by atoms with Crippen LogP contribution < -0.4 is 10.0 Å². The van der Waals surface area contributed by atoms with E-state index in [2.05, 4.69) is 19.4 Å². The van der Waals surface area contributed by atoms with E-state index in [1.54, 1.807) is 42.5 Å². The highest BCUT2D eigenvalue weighted by molar-refractivity contribution is 7.92. The van der Waals surface area contributed by atoms with E-state index in [9.17, 15) is 13.2 Å². The number of carbonyl (C=O) groups is 1. The zero-order chi connectivity index (χ0) is 22.7. The highest BCUT2D eigenvalue weighted by Crippen LogP contribution is 2.26. The maximum absolute atomic E-state index is 13.0. The van der Waals surface area contributed by atoms with Crippen LogP contribution in [0.4, 0.5) is 5.69 Å². The number of nitrogens with one attached hydrogen (secondary N) is 2. The Kier molecular flexibility index (Phi) is 6.61. The summed E-state index contributed by atoms with van der Waals surface area (Å²) in [7, 11) is -4.04. The van der Waals surface area contributed by atoms with Crippen molar-refractivity contribution in [1.82, 2.24) is 14.7 Å². The molecule has 2 aromatic heterocycles. The van der Waals surface area contributed by atoms with Crippen molar-refractivity contribution in [3.63, 3.8) is 0 Å². The third-order valence-corrected chi connectivity index (χ3v) is 7.29. The molecular formula is C21H16Cl2N4O3S2. The zero-order valence-corrected chi connectivity index (χ0v) is 19.5. The van der Waals surface area contributed by atoms with Gasteiger partial charge in [-0.3, -0.25) is 9.52 Å². The molecule has 7 nitrogen and oxygen atoms in total. The van der Waals surface area contributed by atoms with Gasteiger partial charge in [-0.25, -0.2) is 4.98 Å². The second-order valence-corrected chi connectivity index (χ2v) is 10.0. The number of fused-ring (bicyclic) bond motifs is 1. The second kappa shape index (κ2) is 9.41. The Morgan fingerprint density at radius 1 is 1.09 bits per heavy atom. The summed E-state index contributed by atoms with van der Waals surface area (Å²) in [6.07, 6.45) is 3.37. The van der Waals surface area contributed by atoms with Gasteiger partial charge in [0.05, 0.1) is 27.5 Å². The molecule has 164 valence electrons. The van der Waals surface area contributed by atoms with E-state index in [4.69, 9.17) is 23.2 Å². The molecule has 2 N–H and O–H groups in total. The second-order valence-electron chi connectivity index (χ2n) is 6.75. The summed E-state index contributed by atoms with van der Waals surface area (Å²) in [6.45, 7) is 0.308. The number of carbonyl (C=O) groups excluding carboxylic acids is 1. The molecule has 0 aliphatic rings. The molecule has 0 unspecified atom stereocenters. The van der Waals surface area contributed by atoms with Crippen molar-refractivity contribution in [3.05, 3.63) is 82.1 Å². The number of nitrogens with zero attached hydrogens (tertiary/aromatic N) is 2. The molecule has 4 aromatic rings. The third kappa shape index (κ3) is 4.86. The number of para-hydroxylation sites is 1. The zero-order valence-electron chi connectivity index (χ0n) is 16.4. The minimum atomic E-state index is -4.04. The lowest BCUT2D eigenvalue weighted by atomic mass is 10.1. The number of rotatable bonds is 7. The Hall–Kier alpha value is -2.72. The Labute approximate surface area is 198 Å². The number of sulfonamides is 1. The van der Waals surface area contributed by atoms with E-state index < -0.39 is 15.9 Å². The van der Waals surface area contributed by atoms with Crippen LogP contribution in [0.2, 0.25) is 10.0 Å². The van der Waals surface area contributed by atoms with Crippen LogP contribution in [0.3, 0.4) is 0 Å². The topological polar surface area (TPSA) is 101 Å². The quantitative estimate of drug-likeness (QED) is 0.375. The van der Waals surface area contributed by atoms with E-state index in [0.29, 0.717) is 33.1 Å². The van der Waals surface area contributed by atoms with Gasteiger partial charge in [0.15, 0.2) is 5.03 Å². The number of pyridine rings is 1. The molecule has 0 aliphatic heterocycles. The number of hydrogen-bond donors (Lipinski definition) is 2. The van der Waals surface area contributed by atoms with Crippen molar-refractivity contribution in [1.29, 1.82) is 0 Å². The minimum Gasteiger partial charge on any atom is -0.352 e. The molecule has 0 atom stereocenters. The molecule has 0 saturated carbocycles. The number of halogens is 2. The van der Waals surface area contributed by atoms with Crippen molar-refractivity contribution in [2.75, 3.05) is 11.3 Å². The first kappa shape index (κ1) is 22.5. The van der Waals surface area contributed by atoms with Gasteiger partial charge in [-0.15, -0.1) is 0 Å². The number of hydrogen-bond acceptors (Lipinski definition) is 6. The highest BCUT2D eigenvalue weighted by atomic mass is 35.5. The van der Waals surface area contributed by atoms with Crippen molar-refractivity contribution in [2.45, 2.75) is 11.4 Å². The van der Waals surface area contributed by atoms with Gasteiger partial charge in [0, 0.05) is 22.8 Å². The first-order valence-corrected chi connectivity index (χ1v) is 12.4. The van der Waals surface area contributed by atoms with Crippen molar-refractivity contribution in [2.24, 2.45) is 0 Å². The maximum atomic E-state index is 13.0. The summed E-state index contributed by atoms with van der Waals surface area (Å²) in [5.74, 6) is -0.420. The fraction of sp³-hybridized carbons (Fsp3) is 0.0952. The molecule has 0 saturated heterocycles. The fourth-order valence-electron chi connectivity index (χ4n) is 3.08. The monoisotopic (exact) mass is 506 g/mol. The Morgan fingerprint density at radius 2 is 1.91 bits per heavy atom. The average molecular weight is 507 g/mol. The summed E-state index contributed by atoms with van der Waals surface area (Å²) in [4.78, 5) is 16.8. The third-order valence-electron chi connectivity index (χ3n) is 4.61. The van der Waals surface area contributed by atoms with Crippen molar-refractivity contribution >= 4 is 66.4 Å². The van der Waals surface area contributed by atoms with Gasteiger partial charge in [-0.2, -0.15) is 12.8 Å². The predicted octanol–water partition coefficient (Wildman–Crippen LogP) is 4.77. The van der Waals surface area contributed by atoms with Crippen molar-refractivity contribution < 1.29 is 13.2 Å². The van der Waals surface area contributed by atoms with Crippen LogP contribution in [0.1, 0.15) is 15.9 Å². The molecule has 0 radical (unpaired) electrons. The lowest BCUT2D eigenvalue weighted by Gasteiger charge is -2.13. The number of amides is 1. The average Bonchev–Trinajstić information content (AvgIpc) is 3.24. The van der Waals surface area contributed by atoms with Crippen LogP contribution in [0.5, 0.6) is 0 Å². The van der Waals surface area contributed by atoms with E-state index >= 15 is 0 Å². The molecule has 4 rings (SSSR count). The maximum Gasteiger partial charge on any atom is 0.280 e. The molecule has 0 spiro atoms. The summed E-state index contributed by atoms with van der Waals surface area (Å²) in [5.41, 5.74) is 1.18. The lowest BCUT2D eigenvalue weighted by molar-refractivity contribution is 0.0955. The van der Waals surface area contributed by atoms with Crippen LogP contribution >= 0.6 is 34.7 Å². The van der Waals surface area contributed by atoms with Crippen LogP contribution in [0.25, 0.3) is 10.1 Å². The molecule has 2 heterocycles. The summed E-state index contributed by atoms with van der Waals surface area (Å²) in [5, 5.41) is 4.12. The number of anilines is 1. The molecule has 0 bridgehead atoms. The summed E-state index contributed by atoms with van der Waals surface area (Å²) >= 11 is 13.2. The molecule has 32 heavy (non-hydrogen) atoms. The van der Waals surface area contributed by atoms with E-state index in [1.165, 1.54) is 30.0 Å². The largest absolute Gasteiger partial charge is 0.352 e. The Bertz CT molecular complexity index is 1410. The van der Waals surface area contributed by atoms with Crippen LogP contribution in [0, 0.1) is 0 Å². The highest BCUT2D eigenvalue weighted by Gasteiger charge is 2.22. The standard InChI is InChI=1S/C21H16Cl2N4O3S2/c22-14-6-5-13(17(23)11-14)7-9-24-20(28)15-3-1-2-4-18(15)27-32(29,30)21-16-12-26-31-19(16)8-10-25-21/h1-6,8,10-12,27H,7,9H2,(H,24,28). The molecule has 11 heteroatoms. The molecule has 1 amide bonds. The van der Waals surface area contributed by atoms with Gasteiger partial charge < -0.3 is 5.32 Å². The van der Waals surface area contributed by atoms with Gasteiger partial charge in [-0.1, -0.05) is 41.4 Å². The lowest BCUT2D eigenvalue weighted by Crippen LogP contribution is -2.27. The minimum absolute atomic E-state index is 0.142. The fourth-order valence-corrected chi connectivity index (χ4v) is 5.50. The SMILES string of the molecule is O=C(NCCc1ccc(Cl)cc1Cl)c1ccccc1NS(=O)(=O)c1nccc2sncc12. The van der Waals surface area contributed by atoms with Gasteiger partial charge in [0.1, 0.15) is 0 Å². The Balaban J connectivity index is 1.51. The number of aromatic nitrogens is 2. The van der Waals surface area contributed by atoms with E-state index in [-0.39, 0.29) is 16.3 Å². The van der Waals surface area contributed by atoms with Crippen LogP contribution in [-0.4, -0.2) is 30.2 Å². The van der Waals surface area contributed by atoms with Gasteiger partial charge in [0.25, 0.3) is 15.9 Å². The molecule has 0 aliphatic carbocycles. The summed E-state index contributed by atoms with van der Waals surface area (Å²) in [6, 6.07) is 13.2.